The van der Waals surface area contributed by atoms with Gasteiger partial charge in [-0.05, 0) is 25.1 Å². The zero-order valence-electron chi connectivity index (χ0n) is 12.4. The Kier molecular flexibility index (Phi) is 3.70. The number of anilines is 1. The van der Waals surface area contributed by atoms with Crippen LogP contribution >= 0.6 is 0 Å². The number of ketones is 1. The van der Waals surface area contributed by atoms with E-state index >= 15 is 0 Å². The average Bonchev–Trinajstić information content (AvgIpc) is 2.86. The molecule has 2 aromatic carbocycles. The molecule has 0 spiro atoms. The molecule has 0 amide bonds. The number of hydrogen-bond acceptors (Lipinski definition) is 4. The first kappa shape index (κ1) is 14.0. The molecule has 110 valence electrons. The summed E-state index contributed by atoms with van der Waals surface area (Å²) in [5.74, 6) is 0.108. The molecule has 0 saturated carbocycles. The van der Waals surface area contributed by atoms with Gasteiger partial charge in [-0.2, -0.15) is 10.2 Å². The van der Waals surface area contributed by atoms with Crippen LogP contribution in [-0.2, 0) is 4.79 Å². The molecule has 0 radical (unpaired) electrons. The van der Waals surface area contributed by atoms with Crippen molar-refractivity contribution in [2.45, 2.75) is 13.8 Å². The number of carbonyl (C=O) groups excluding carboxylic acids is 1. The lowest BCUT2D eigenvalue weighted by atomic mass is 10.2. The highest BCUT2D eigenvalue weighted by atomic mass is 16.1. The van der Waals surface area contributed by atoms with Gasteiger partial charge in [0.25, 0.3) is 0 Å². The molecule has 0 aliphatic heterocycles. The van der Waals surface area contributed by atoms with Crippen LogP contribution in [0.4, 0.5) is 5.69 Å². The molecule has 0 unspecified atom stereocenters. The minimum absolute atomic E-state index is 0.153. The third-order valence-corrected chi connectivity index (χ3v) is 3.40. The Bertz CT molecular complexity index is 849. The van der Waals surface area contributed by atoms with E-state index in [-0.39, 0.29) is 11.6 Å². The van der Waals surface area contributed by atoms with Crippen molar-refractivity contribution >= 4 is 28.2 Å². The van der Waals surface area contributed by atoms with Crippen LogP contribution < -0.4 is 5.43 Å². The number of para-hydroxylation sites is 1. The molecule has 1 aromatic heterocycles. The molecule has 0 aliphatic carbocycles. The summed E-state index contributed by atoms with van der Waals surface area (Å²) >= 11 is 0. The van der Waals surface area contributed by atoms with Gasteiger partial charge in [-0.15, -0.1) is 0 Å². The van der Waals surface area contributed by atoms with Crippen LogP contribution in [0, 0.1) is 6.92 Å². The van der Waals surface area contributed by atoms with Crippen molar-refractivity contribution in [1.29, 1.82) is 0 Å². The number of benzene rings is 2. The van der Waals surface area contributed by atoms with E-state index in [2.05, 4.69) is 15.6 Å². The minimum Gasteiger partial charge on any atom is -0.291 e. The van der Waals surface area contributed by atoms with Gasteiger partial charge in [0.1, 0.15) is 0 Å². The number of fused-ring (bicyclic) bond motifs is 1. The maximum absolute atomic E-state index is 12.0. The summed E-state index contributed by atoms with van der Waals surface area (Å²) in [6.45, 7) is 3.41. The first-order valence-electron chi connectivity index (χ1n) is 7.01. The van der Waals surface area contributed by atoms with Gasteiger partial charge in [0.05, 0.1) is 16.9 Å². The maximum Gasteiger partial charge on any atom is 0.216 e. The number of hydrogen-bond donors (Lipinski definition) is 1. The molecule has 1 N–H and O–H groups in total. The maximum atomic E-state index is 12.0. The van der Waals surface area contributed by atoms with E-state index in [1.165, 1.54) is 6.92 Å². The molecule has 3 aromatic rings. The third kappa shape index (κ3) is 2.61. The monoisotopic (exact) mass is 292 g/mol. The highest BCUT2D eigenvalue weighted by molar-refractivity contribution is 6.38. The van der Waals surface area contributed by atoms with Crippen LogP contribution in [0.2, 0.25) is 0 Å². The Labute approximate surface area is 128 Å². The zero-order chi connectivity index (χ0) is 15.5. The third-order valence-electron chi connectivity index (χ3n) is 3.40. The van der Waals surface area contributed by atoms with Gasteiger partial charge in [-0.3, -0.25) is 10.2 Å². The predicted octanol–water partition coefficient (Wildman–Crippen LogP) is 3.21. The van der Waals surface area contributed by atoms with Crippen LogP contribution in [0.5, 0.6) is 0 Å². The number of carbonyl (C=O) groups is 1. The molecule has 0 fully saturated rings. The topological polar surface area (TPSA) is 59.3 Å². The summed E-state index contributed by atoms with van der Waals surface area (Å²) < 4.78 is 1.59. The first-order valence-corrected chi connectivity index (χ1v) is 7.01. The minimum atomic E-state index is -0.153. The number of nitrogens with one attached hydrogen (secondary N) is 1. The van der Waals surface area contributed by atoms with Crippen molar-refractivity contribution in [3.05, 3.63) is 60.3 Å². The van der Waals surface area contributed by atoms with Crippen molar-refractivity contribution in [3.63, 3.8) is 0 Å². The molecular weight excluding hydrogens is 276 g/mol. The molecule has 1 heterocycles. The number of hydrazone groups is 1. The lowest BCUT2D eigenvalue weighted by Crippen LogP contribution is -2.24. The lowest BCUT2D eigenvalue weighted by Gasteiger charge is -2.06. The SMILES string of the molecule is CC(=O)/C(=N/Nc1ccccc1)n1nc2ccccc2c1C. The van der Waals surface area contributed by atoms with Crippen molar-refractivity contribution in [1.82, 2.24) is 9.78 Å². The van der Waals surface area contributed by atoms with Gasteiger partial charge in [0.15, 0.2) is 5.78 Å². The van der Waals surface area contributed by atoms with E-state index in [4.69, 9.17) is 0 Å². The second-order valence-electron chi connectivity index (χ2n) is 4.98. The fourth-order valence-electron chi connectivity index (χ4n) is 2.28. The molecule has 5 nitrogen and oxygen atoms in total. The van der Waals surface area contributed by atoms with Crippen LogP contribution in [0.1, 0.15) is 12.6 Å². The Hall–Kier alpha value is -2.95. The van der Waals surface area contributed by atoms with Gasteiger partial charge in [-0.25, -0.2) is 4.68 Å². The predicted molar refractivity (Wildman–Crippen MR) is 88.0 cm³/mol. The van der Waals surface area contributed by atoms with Crippen LogP contribution in [0.3, 0.4) is 0 Å². The second-order valence-corrected chi connectivity index (χ2v) is 4.98. The molecule has 0 atom stereocenters. The standard InChI is InChI=1S/C17H16N4O/c1-12-15-10-6-7-11-16(15)20-21(12)17(13(2)22)19-18-14-8-4-3-5-9-14/h3-11,18H,1-2H3/b19-17-. The highest BCUT2D eigenvalue weighted by Crippen LogP contribution is 2.17. The van der Waals surface area contributed by atoms with Crippen LogP contribution in [-0.4, -0.2) is 21.4 Å². The van der Waals surface area contributed by atoms with Gasteiger partial charge in [0.2, 0.25) is 5.84 Å². The van der Waals surface area contributed by atoms with Gasteiger partial charge < -0.3 is 0 Å². The quantitative estimate of drug-likeness (QED) is 0.458. The fraction of sp³-hybridized carbons (Fsp3) is 0.118. The van der Waals surface area contributed by atoms with Crippen LogP contribution in [0.15, 0.2) is 59.7 Å². The summed E-state index contributed by atoms with van der Waals surface area (Å²) in [5.41, 5.74) is 5.45. The normalized spacial score (nSPS) is 11.6. The van der Waals surface area contributed by atoms with E-state index in [1.54, 1.807) is 4.68 Å². The Morgan fingerprint density at radius 3 is 2.45 bits per heavy atom. The number of nitrogens with zero attached hydrogens (tertiary/aromatic N) is 3. The molecular formula is C17H16N4O. The Balaban J connectivity index is 2.03. The number of Topliss-reactive ketones (excluding diaryl/α,β-unsaturated/α-hetero) is 1. The van der Waals surface area contributed by atoms with E-state index in [1.807, 2.05) is 61.5 Å². The highest BCUT2D eigenvalue weighted by Gasteiger charge is 2.15. The molecule has 0 saturated heterocycles. The Morgan fingerprint density at radius 1 is 1.09 bits per heavy atom. The van der Waals surface area contributed by atoms with Gasteiger partial charge in [0, 0.05) is 12.3 Å². The zero-order valence-corrected chi connectivity index (χ0v) is 12.4. The molecule has 3 rings (SSSR count). The molecule has 0 aliphatic rings. The lowest BCUT2D eigenvalue weighted by molar-refractivity contribution is -0.111. The molecule has 5 heteroatoms. The largest absolute Gasteiger partial charge is 0.291 e. The van der Waals surface area contributed by atoms with E-state index < -0.39 is 0 Å². The summed E-state index contributed by atoms with van der Waals surface area (Å²) in [5, 5.41) is 9.72. The number of aromatic nitrogens is 2. The second kappa shape index (κ2) is 5.81. The van der Waals surface area contributed by atoms with Crippen LogP contribution in [0.25, 0.3) is 10.9 Å². The van der Waals surface area contributed by atoms with E-state index in [0.29, 0.717) is 0 Å². The summed E-state index contributed by atoms with van der Waals surface area (Å²) in [6.07, 6.45) is 0. The summed E-state index contributed by atoms with van der Waals surface area (Å²) in [4.78, 5) is 12.0. The van der Waals surface area contributed by atoms with Gasteiger partial charge in [-0.1, -0.05) is 36.4 Å². The van der Waals surface area contributed by atoms with E-state index in [9.17, 15) is 4.79 Å². The van der Waals surface area contributed by atoms with Crippen molar-refractivity contribution < 1.29 is 4.79 Å². The number of rotatable bonds is 3. The Morgan fingerprint density at radius 2 is 1.77 bits per heavy atom. The average molecular weight is 292 g/mol. The summed E-state index contributed by atoms with van der Waals surface area (Å²) in [6, 6.07) is 17.3. The fourth-order valence-corrected chi connectivity index (χ4v) is 2.28. The van der Waals surface area contributed by atoms with Gasteiger partial charge >= 0.3 is 0 Å². The number of aryl methyl sites for hydroxylation is 1. The molecule has 22 heavy (non-hydrogen) atoms. The van der Waals surface area contributed by atoms with Crippen molar-refractivity contribution in [2.24, 2.45) is 5.10 Å². The van der Waals surface area contributed by atoms with Crippen molar-refractivity contribution in [3.8, 4) is 0 Å². The van der Waals surface area contributed by atoms with Crippen molar-refractivity contribution in [2.75, 3.05) is 5.43 Å². The van der Waals surface area contributed by atoms with E-state index in [0.717, 1.165) is 22.3 Å². The molecule has 0 bridgehead atoms. The smallest absolute Gasteiger partial charge is 0.216 e. The summed E-state index contributed by atoms with van der Waals surface area (Å²) in [7, 11) is 0. The first-order chi connectivity index (χ1) is 10.7.